The van der Waals surface area contributed by atoms with Crippen molar-refractivity contribution in [2.24, 2.45) is 4.99 Å². The van der Waals surface area contributed by atoms with Crippen molar-refractivity contribution in [1.29, 1.82) is 0 Å². The highest BCUT2D eigenvalue weighted by Crippen LogP contribution is 2.34. The standard InChI is InChI=1S/C29H26F3N3O4S2/c30-29(31,32)41(37,38)35-24-13-11-23(12-14-24)33-28-34-27(36)26(40-28)17-19-7-15-25(16-8-19)39-18-20-5-9-22(10-6-20)21-3-1-2-4-21/h5-17,21,35H,1-4,18H2,(H,33,34,36). The first kappa shape index (κ1) is 28.7. The molecule has 1 aliphatic carbocycles. The third-order valence-corrected chi connectivity index (χ3v) is 8.72. The summed E-state index contributed by atoms with van der Waals surface area (Å²) in [6, 6.07) is 20.9. The highest BCUT2D eigenvalue weighted by atomic mass is 32.2. The number of rotatable bonds is 8. The second kappa shape index (κ2) is 12.0. The average molecular weight is 602 g/mol. The number of hydrogen-bond donors (Lipinski definition) is 2. The molecule has 41 heavy (non-hydrogen) atoms. The molecule has 1 amide bonds. The van der Waals surface area contributed by atoms with Crippen molar-refractivity contribution in [2.75, 3.05) is 4.72 Å². The van der Waals surface area contributed by atoms with Crippen molar-refractivity contribution >= 4 is 50.3 Å². The van der Waals surface area contributed by atoms with E-state index in [9.17, 15) is 26.4 Å². The fourth-order valence-electron chi connectivity index (χ4n) is 4.54. The zero-order valence-electron chi connectivity index (χ0n) is 21.6. The summed E-state index contributed by atoms with van der Waals surface area (Å²) in [5.41, 5.74) is -2.08. The van der Waals surface area contributed by atoms with Gasteiger partial charge in [-0.15, -0.1) is 0 Å². The molecule has 1 heterocycles. The van der Waals surface area contributed by atoms with Crippen LogP contribution in [0.2, 0.25) is 0 Å². The van der Waals surface area contributed by atoms with E-state index in [4.69, 9.17) is 4.74 Å². The van der Waals surface area contributed by atoms with Gasteiger partial charge in [0.05, 0.1) is 10.6 Å². The summed E-state index contributed by atoms with van der Waals surface area (Å²) < 4.78 is 67.5. The zero-order chi connectivity index (χ0) is 29.0. The number of anilines is 1. The van der Waals surface area contributed by atoms with E-state index < -0.39 is 15.5 Å². The van der Waals surface area contributed by atoms with Gasteiger partial charge in [0, 0.05) is 5.69 Å². The van der Waals surface area contributed by atoms with E-state index in [1.165, 1.54) is 48.1 Å². The van der Waals surface area contributed by atoms with Gasteiger partial charge in [-0.1, -0.05) is 49.2 Å². The smallest absolute Gasteiger partial charge is 0.489 e. The lowest BCUT2D eigenvalue weighted by molar-refractivity contribution is -0.115. The van der Waals surface area contributed by atoms with Crippen molar-refractivity contribution in [1.82, 2.24) is 5.32 Å². The van der Waals surface area contributed by atoms with E-state index in [0.717, 1.165) is 35.0 Å². The van der Waals surface area contributed by atoms with Crippen LogP contribution in [0.5, 0.6) is 5.75 Å². The molecule has 2 fully saturated rings. The van der Waals surface area contributed by atoms with Crippen molar-refractivity contribution in [3.8, 4) is 5.75 Å². The average Bonchev–Trinajstić information content (AvgIpc) is 3.59. The molecule has 0 spiro atoms. The summed E-state index contributed by atoms with van der Waals surface area (Å²) in [7, 11) is -5.52. The molecule has 1 saturated heterocycles. The number of amidine groups is 1. The molecule has 214 valence electrons. The van der Waals surface area contributed by atoms with Crippen LogP contribution in [0.4, 0.5) is 24.5 Å². The topological polar surface area (TPSA) is 96.9 Å². The number of sulfonamides is 1. The van der Waals surface area contributed by atoms with Crippen molar-refractivity contribution < 1.29 is 31.1 Å². The van der Waals surface area contributed by atoms with Gasteiger partial charge in [-0.05, 0) is 89.7 Å². The minimum atomic E-state index is -5.52. The monoisotopic (exact) mass is 601 g/mol. The molecule has 0 atom stereocenters. The van der Waals surface area contributed by atoms with Gasteiger partial charge in [-0.3, -0.25) is 9.52 Å². The Hall–Kier alpha value is -3.77. The molecule has 0 aromatic heterocycles. The second-order valence-electron chi connectivity index (χ2n) is 9.66. The number of nitrogens with one attached hydrogen (secondary N) is 2. The summed E-state index contributed by atoms with van der Waals surface area (Å²) in [6.07, 6.45) is 6.87. The second-order valence-corrected chi connectivity index (χ2v) is 12.4. The maximum atomic E-state index is 12.5. The van der Waals surface area contributed by atoms with Gasteiger partial charge < -0.3 is 10.1 Å². The number of thioether (sulfide) groups is 1. The van der Waals surface area contributed by atoms with Crippen molar-refractivity contribution in [3.05, 3.63) is 94.4 Å². The van der Waals surface area contributed by atoms with Crippen molar-refractivity contribution in [2.45, 2.75) is 43.7 Å². The maximum Gasteiger partial charge on any atom is 0.516 e. The molecule has 0 bridgehead atoms. The molecule has 12 heteroatoms. The zero-order valence-corrected chi connectivity index (χ0v) is 23.3. The van der Waals surface area contributed by atoms with E-state index >= 15 is 0 Å². The third kappa shape index (κ3) is 7.31. The van der Waals surface area contributed by atoms with E-state index in [1.54, 1.807) is 6.08 Å². The van der Waals surface area contributed by atoms with Crippen molar-refractivity contribution in [3.63, 3.8) is 0 Å². The summed E-state index contributed by atoms with van der Waals surface area (Å²) in [5.74, 6) is 1.05. The van der Waals surface area contributed by atoms with E-state index in [0.29, 0.717) is 28.9 Å². The summed E-state index contributed by atoms with van der Waals surface area (Å²) in [5, 5.41) is 2.92. The Morgan fingerprint density at radius 2 is 1.63 bits per heavy atom. The first-order valence-electron chi connectivity index (χ1n) is 12.9. The molecule has 2 aliphatic rings. The quantitative estimate of drug-likeness (QED) is 0.269. The normalized spacial score (nSPS) is 18.2. The van der Waals surface area contributed by atoms with Gasteiger partial charge in [0.2, 0.25) is 0 Å². The fraction of sp³-hybridized carbons (Fsp3) is 0.241. The number of benzene rings is 3. The molecule has 3 aromatic rings. The lowest BCUT2D eigenvalue weighted by Crippen LogP contribution is -2.29. The highest BCUT2D eigenvalue weighted by molar-refractivity contribution is 8.18. The Labute approximate surface area is 240 Å². The largest absolute Gasteiger partial charge is 0.516 e. The van der Waals surface area contributed by atoms with Gasteiger partial charge in [0.15, 0.2) is 5.17 Å². The molecule has 7 nitrogen and oxygen atoms in total. The molecule has 2 N–H and O–H groups in total. The van der Waals surface area contributed by atoms with Crippen LogP contribution in [0, 0.1) is 0 Å². The number of amides is 1. The molecule has 3 aromatic carbocycles. The molecular weight excluding hydrogens is 575 g/mol. The highest BCUT2D eigenvalue weighted by Gasteiger charge is 2.46. The minimum Gasteiger partial charge on any atom is -0.489 e. The number of ether oxygens (including phenoxy) is 1. The SMILES string of the molecule is O=C1NC(=Nc2ccc(NS(=O)(=O)C(F)(F)F)cc2)SC1=Cc1ccc(OCc2ccc(C3CCCC3)cc2)cc1. The molecule has 1 saturated carbocycles. The van der Waals surface area contributed by atoms with E-state index in [2.05, 4.69) is 34.6 Å². The summed E-state index contributed by atoms with van der Waals surface area (Å²) >= 11 is 1.11. The first-order valence-corrected chi connectivity index (χ1v) is 15.2. The summed E-state index contributed by atoms with van der Waals surface area (Å²) in [4.78, 5) is 17.1. The Morgan fingerprint density at radius 1 is 0.976 bits per heavy atom. The number of aliphatic imine (C=N–C) groups is 1. The van der Waals surface area contributed by atoms with Crippen LogP contribution < -0.4 is 14.8 Å². The van der Waals surface area contributed by atoms with Crippen LogP contribution >= 0.6 is 11.8 Å². The van der Waals surface area contributed by atoms with Crippen LogP contribution in [0.1, 0.15) is 48.3 Å². The number of alkyl halides is 3. The van der Waals surface area contributed by atoms with Crippen LogP contribution in [-0.2, 0) is 21.4 Å². The number of halogens is 3. The van der Waals surface area contributed by atoms with Gasteiger partial charge in [-0.2, -0.15) is 21.6 Å². The Kier molecular flexibility index (Phi) is 8.41. The van der Waals surface area contributed by atoms with Gasteiger partial charge >= 0.3 is 15.5 Å². The molecule has 0 radical (unpaired) electrons. The Balaban J connectivity index is 1.16. The predicted octanol–water partition coefficient (Wildman–Crippen LogP) is 7.08. The minimum absolute atomic E-state index is 0.264. The maximum absolute atomic E-state index is 12.5. The first-order chi connectivity index (χ1) is 19.6. The van der Waals surface area contributed by atoms with Gasteiger partial charge in [0.25, 0.3) is 5.91 Å². The van der Waals surface area contributed by atoms with Crippen LogP contribution in [0.25, 0.3) is 6.08 Å². The lowest BCUT2D eigenvalue weighted by Gasteiger charge is -2.11. The Morgan fingerprint density at radius 3 is 2.27 bits per heavy atom. The predicted molar refractivity (Wildman–Crippen MR) is 154 cm³/mol. The molecule has 5 rings (SSSR count). The molecule has 1 aliphatic heterocycles. The van der Waals surface area contributed by atoms with E-state index in [1.807, 2.05) is 24.3 Å². The number of carbonyl (C=O) groups excluding carboxylic acids is 1. The third-order valence-electron chi connectivity index (χ3n) is 6.70. The van der Waals surface area contributed by atoms with E-state index in [-0.39, 0.29) is 16.8 Å². The van der Waals surface area contributed by atoms with Gasteiger partial charge in [-0.25, -0.2) is 4.99 Å². The Bertz CT molecular complexity index is 1560. The molecular formula is C29H26F3N3O4S2. The number of carbonyl (C=O) groups is 1. The van der Waals surface area contributed by atoms with Crippen LogP contribution in [-0.4, -0.2) is 25.0 Å². The lowest BCUT2D eigenvalue weighted by atomic mass is 9.97. The number of hydrogen-bond acceptors (Lipinski definition) is 6. The van der Waals surface area contributed by atoms with Crippen LogP contribution in [0.3, 0.4) is 0 Å². The summed E-state index contributed by atoms with van der Waals surface area (Å²) in [6.45, 7) is 0.457. The molecule has 0 unspecified atom stereocenters. The van der Waals surface area contributed by atoms with Crippen LogP contribution in [0.15, 0.2) is 82.7 Å². The van der Waals surface area contributed by atoms with Gasteiger partial charge in [0.1, 0.15) is 12.4 Å². The fourth-order valence-corrected chi connectivity index (χ4v) is 5.94. The number of nitrogens with zero attached hydrogens (tertiary/aromatic N) is 1.